The van der Waals surface area contributed by atoms with Crippen molar-refractivity contribution >= 4 is 11.6 Å². The topological polar surface area (TPSA) is 79.9 Å². The molecule has 120 valence electrons. The summed E-state index contributed by atoms with van der Waals surface area (Å²) in [4.78, 5) is 12.2. The summed E-state index contributed by atoms with van der Waals surface area (Å²) >= 11 is 0. The second-order valence-electron chi connectivity index (χ2n) is 6.23. The Morgan fingerprint density at radius 2 is 2.00 bits per heavy atom. The summed E-state index contributed by atoms with van der Waals surface area (Å²) in [5.74, 6) is 0.278. The molecule has 0 bridgehead atoms. The zero-order valence-corrected chi connectivity index (χ0v) is 13.7. The molecule has 1 aromatic carbocycles. The van der Waals surface area contributed by atoms with E-state index < -0.39 is 6.10 Å². The van der Waals surface area contributed by atoms with Gasteiger partial charge in [-0.15, -0.1) is 0 Å². The summed E-state index contributed by atoms with van der Waals surface area (Å²) in [5.41, 5.74) is 1.03. The molecule has 6 heteroatoms. The molecule has 23 heavy (non-hydrogen) atoms. The second-order valence-corrected chi connectivity index (χ2v) is 6.23. The van der Waals surface area contributed by atoms with Crippen LogP contribution < -0.4 is 10.1 Å². The monoisotopic (exact) mass is 312 g/mol. The number of nitriles is 1. The summed E-state index contributed by atoms with van der Waals surface area (Å²) in [6, 6.07) is 8.66. The first kappa shape index (κ1) is 16.6. The Hall–Kier alpha value is -2.81. The molecule has 1 atom stereocenters. The zero-order chi connectivity index (χ0) is 17.0. The molecule has 0 aliphatic rings. The van der Waals surface area contributed by atoms with Crippen LogP contribution in [0.1, 0.15) is 33.3 Å². The molecule has 1 amide bonds. The Morgan fingerprint density at radius 1 is 1.35 bits per heavy atom. The van der Waals surface area contributed by atoms with E-state index in [0.717, 1.165) is 0 Å². The molecular weight excluding hydrogens is 292 g/mol. The molecule has 2 aromatic rings. The van der Waals surface area contributed by atoms with E-state index in [1.807, 2.05) is 26.8 Å². The van der Waals surface area contributed by atoms with Crippen molar-refractivity contribution < 1.29 is 9.53 Å². The predicted molar refractivity (Wildman–Crippen MR) is 87.1 cm³/mol. The highest BCUT2D eigenvalue weighted by Gasteiger charge is 2.18. The van der Waals surface area contributed by atoms with Gasteiger partial charge < -0.3 is 10.1 Å². The number of nitrogens with zero attached hydrogens (tertiary/aromatic N) is 3. The first-order valence-electron chi connectivity index (χ1n) is 7.32. The van der Waals surface area contributed by atoms with Gasteiger partial charge in [0.05, 0.1) is 29.1 Å². The van der Waals surface area contributed by atoms with Crippen molar-refractivity contribution in [3.05, 3.63) is 42.2 Å². The Bertz CT molecular complexity index is 720. The summed E-state index contributed by atoms with van der Waals surface area (Å²) < 4.78 is 7.36. The maximum atomic E-state index is 12.2. The van der Waals surface area contributed by atoms with Crippen molar-refractivity contribution in [2.24, 2.45) is 0 Å². The summed E-state index contributed by atoms with van der Waals surface area (Å²) in [6.07, 6.45) is 2.73. The number of rotatable bonds is 4. The lowest BCUT2D eigenvalue weighted by molar-refractivity contribution is -0.122. The minimum Gasteiger partial charge on any atom is -0.481 e. The van der Waals surface area contributed by atoms with Gasteiger partial charge in [-0.3, -0.25) is 9.48 Å². The van der Waals surface area contributed by atoms with Crippen LogP contribution in [0.3, 0.4) is 0 Å². The molecule has 1 aromatic heterocycles. The van der Waals surface area contributed by atoms with Gasteiger partial charge >= 0.3 is 0 Å². The van der Waals surface area contributed by atoms with Gasteiger partial charge in [0.25, 0.3) is 5.91 Å². The number of hydrogen-bond acceptors (Lipinski definition) is 4. The van der Waals surface area contributed by atoms with Crippen LogP contribution in [-0.2, 0) is 10.3 Å². The van der Waals surface area contributed by atoms with Gasteiger partial charge in [-0.2, -0.15) is 10.4 Å². The number of hydrogen-bond donors (Lipinski definition) is 1. The molecule has 6 nitrogen and oxygen atoms in total. The van der Waals surface area contributed by atoms with Crippen LogP contribution in [0.2, 0.25) is 0 Å². The summed E-state index contributed by atoms with van der Waals surface area (Å²) in [5, 5.41) is 15.8. The van der Waals surface area contributed by atoms with Crippen LogP contribution in [0.5, 0.6) is 5.75 Å². The number of benzene rings is 1. The minimum absolute atomic E-state index is 0.145. The van der Waals surface area contributed by atoms with E-state index in [-0.39, 0.29) is 11.4 Å². The fourth-order valence-electron chi connectivity index (χ4n) is 1.86. The highest BCUT2D eigenvalue weighted by molar-refractivity contribution is 5.93. The average molecular weight is 312 g/mol. The van der Waals surface area contributed by atoms with E-state index in [1.54, 1.807) is 48.3 Å². The smallest absolute Gasteiger partial charge is 0.265 e. The molecular formula is C17H20N4O2. The van der Waals surface area contributed by atoms with Gasteiger partial charge in [-0.25, -0.2) is 0 Å². The number of amides is 1. The molecule has 1 heterocycles. The number of carbonyl (C=O) groups is 1. The maximum Gasteiger partial charge on any atom is 0.265 e. The number of carbonyl (C=O) groups excluding carboxylic acids is 1. The molecule has 0 radical (unpaired) electrons. The molecule has 1 unspecified atom stereocenters. The van der Waals surface area contributed by atoms with Gasteiger partial charge in [0.15, 0.2) is 6.10 Å². The SMILES string of the molecule is CC(Oc1ccc(C#N)cc1)C(=O)Nc1cnn(C(C)(C)C)c1. The third-order valence-corrected chi connectivity index (χ3v) is 3.20. The summed E-state index contributed by atoms with van der Waals surface area (Å²) in [6.45, 7) is 7.76. The highest BCUT2D eigenvalue weighted by atomic mass is 16.5. The molecule has 1 N–H and O–H groups in total. The fraction of sp³-hybridized carbons (Fsp3) is 0.353. The van der Waals surface area contributed by atoms with Crippen molar-refractivity contribution in [2.45, 2.75) is 39.3 Å². The maximum absolute atomic E-state index is 12.2. The second kappa shape index (κ2) is 6.53. The van der Waals surface area contributed by atoms with Crippen LogP contribution in [0.4, 0.5) is 5.69 Å². The molecule has 0 aliphatic carbocycles. The normalized spacial score (nSPS) is 12.3. The Kier molecular flexibility index (Phi) is 4.70. The average Bonchev–Trinajstić information content (AvgIpc) is 2.96. The molecule has 0 fully saturated rings. The van der Waals surface area contributed by atoms with Gasteiger partial charge in [-0.1, -0.05) is 0 Å². The van der Waals surface area contributed by atoms with E-state index in [9.17, 15) is 4.79 Å². The van der Waals surface area contributed by atoms with E-state index in [1.165, 1.54) is 0 Å². The fourth-order valence-corrected chi connectivity index (χ4v) is 1.86. The molecule has 0 spiro atoms. The molecule has 0 saturated heterocycles. The van der Waals surface area contributed by atoms with Crippen molar-refractivity contribution in [3.63, 3.8) is 0 Å². The van der Waals surface area contributed by atoms with E-state index in [4.69, 9.17) is 10.00 Å². The van der Waals surface area contributed by atoms with Crippen molar-refractivity contribution in [1.29, 1.82) is 5.26 Å². The van der Waals surface area contributed by atoms with E-state index in [2.05, 4.69) is 10.4 Å². The molecule has 0 aliphatic heterocycles. The predicted octanol–water partition coefficient (Wildman–Crippen LogP) is 2.92. The highest BCUT2D eigenvalue weighted by Crippen LogP contribution is 2.17. The first-order valence-corrected chi connectivity index (χ1v) is 7.32. The number of ether oxygens (including phenoxy) is 1. The Balaban J connectivity index is 1.97. The van der Waals surface area contributed by atoms with Crippen LogP contribution in [0.15, 0.2) is 36.7 Å². The molecule has 0 saturated carbocycles. The van der Waals surface area contributed by atoms with Gasteiger partial charge in [0.2, 0.25) is 0 Å². The van der Waals surface area contributed by atoms with E-state index in [0.29, 0.717) is 17.0 Å². The van der Waals surface area contributed by atoms with Crippen LogP contribution in [0, 0.1) is 11.3 Å². The molecule has 2 rings (SSSR count). The van der Waals surface area contributed by atoms with E-state index >= 15 is 0 Å². The number of aromatic nitrogens is 2. The summed E-state index contributed by atoms with van der Waals surface area (Å²) in [7, 11) is 0. The lowest BCUT2D eigenvalue weighted by Gasteiger charge is -2.18. The lowest BCUT2D eigenvalue weighted by Crippen LogP contribution is -2.30. The third-order valence-electron chi connectivity index (χ3n) is 3.20. The number of anilines is 1. The van der Waals surface area contributed by atoms with Crippen molar-refractivity contribution in [2.75, 3.05) is 5.32 Å². The van der Waals surface area contributed by atoms with Gasteiger partial charge in [0, 0.05) is 6.20 Å². The number of nitrogens with one attached hydrogen (secondary N) is 1. The zero-order valence-electron chi connectivity index (χ0n) is 13.7. The standard InChI is InChI=1S/C17H20N4O2/c1-12(23-15-7-5-13(9-18)6-8-15)16(22)20-14-10-19-21(11-14)17(2,3)4/h5-8,10-12H,1-4H3,(H,20,22). The van der Waals surface area contributed by atoms with Crippen molar-refractivity contribution in [3.8, 4) is 11.8 Å². The van der Waals surface area contributed by atoms with Crippen LogP contribution in [-0.4, -0.2) is 21.8 Å². The quantitative estimate of drug-likeness (QED) is 0.941. The van der Waals surface area contributed by atoms with Crippen LogP contribution in [0.25, 0.3) is 0 Å². The largest absolute Gasteiger partial charge is 0.481 e. The van der Waals surface area contributed by atoms with Gasteiger partial charge in [-0.05, 0) is 52.0 Å². The first-order chi connectivity index (χ1) is 10.8. The third kappa shape index (κ3) is 4.33. The van der Waals surface area contributed by atoms with Gasteiger partial charge in [0.1, 0.15) is 5.75 Å². The minimum atomic E-state index is -0.666. The Morgan fingerprint density at radius 3 is 2.52 bits per heavy atom. The Labute approximate surface area is 135 Å². The van der Waals surface area contributed by atoms with Crippen LogP contribution >= 0.6 is 0 Å². The lowest BCUT2D eigenvalue weighted by atomic mass is 10.1. The van der Waals surface area contributed by atoms with Crippen molar-refractivity contribution in [1.82, 2.24) is 9.78 Å².